The van der Waals surface area contributed by atoms with Gasteiger partial charge in [-0.25, -0.2) is 0 Å². The van der Waals surface area contributed by atoms with Crippen LogP contribution in [0.3, 0.4) is 0 Å². The predicted molar refractivity (Wildman–Crippen MR) is 137 cm³/mol. The average Bonchev–Trinajstić information content (AvgIpc) is 2.86. The van der Waals surface area contributed by atoms with Crippen molar-refractivity contribution in [3.63, 3.8) is 0 Å². The summed E-state index contributed by atoms with van der Waals surface area (Å²) in [6, 6.07) is 20.6. The first-order chi connectivity index (χ1) is 16.7. The molecule has 3 aromatic rings. The van der Waals surface area contributed by atoms with Crippen LogP contribution in [0.15, 0.2) is 72.8 Å². The van der Waals surface area contributed by atoms with Gasteiger partial charge in [0.2, 0.25) is 0 Å². The molecule has 7 nitrogen and oxygen atoms in total. The molecule has 3 rings (SSSR count). The second-order valence-corrected chi connectivity index (χ2v) is 9.14. The zero-order chi connectivity index (χ0) is 25.4. The van der Waals surface area contributed by atoms with Crippen LogP contribution in [0.1, 0.15) is 70.8 Å². The van der Waals surface area contributed by atoms with Gasteiger partial charge in [-0.1, -0.05) is 45.9 Å². The number of hydrogen-bond acceptors (Lipinski definition) is 4. The number of hydrazine groups is 1. The first-order valence-electron chi connectivity index (χ1n) is 11.5. The van der Waals surface area contributed by atoms with E-state index >= 15 is 0 Å². The van der Waals surface area contributed by atoms with Crippen molar-refractivity contribution in [2.24, 2.45) is 0 Å². The maximum Gasteiger partial charge on any atom is 0.269 e. The minimum atomic E-state index is -0.479. The van der Waals surface area contributed by atoms with Gasteiger partial charge < -0.3 is 10.1 Å². The molecule has 0 aliphatic carbocycles. The number of carbonyl (C=O) groups is 3. The van der Waals surface area contributed by atoms with Crippen molar-refractivity contribution in [3.8, 4) is 5.75 Å². The molecule has 0 saturated carbocycles. The summed E-state index contributed by atoms with van der Waals surface area (Å²) in [4.78, 5) is 37.3. The van der Waals surface area contributed by atoms with Gasteiger partial charge in [-0.05, 0) is 72.0 Å². The molecular formula is C28H31N3O4. The fraction of sp³-hybridized carbons (Fsp3) is 0.250. The molecule has 0 heterocycles. The van der Waals surface area contributed by atoms with Gasteiger partial charge in [0.15, 0.2) is 0 Å². The highest BCUT2D eigenvalue weighted by molar-refractivity contribution is 6.04. The third kappa shape index (κ3) is 7.17. The van der Waals surface area contributed by atoms with E-state index in [0.29, 0.717) is 34.7 Å². The molecule has 7 heteroatoms. The molecule has 3 N–H and O–H groups in total. The van der Waals surface area contributed by atoms with Gasteiger partial charge in [-0.3, -0.25) is 25.2 Å². The molecule has 182 valence electrons. The van der Waals surface area contributed by atoms with Crippen LogP contribution < -0.4 is 20.9 Å². The Morgan fingerprint density at radius 2 is 1.31 bits per heavy atom. The molecule has 0 aliphatic heterocycles. The van der Waals surface area contributed by atoms with Gasteiger partial charge in [0.05, 0.1) is 6.61 Å². The molecule has 35 heavy (non-hydrogen) atoms. The number of ether oxygens (including phenoxy) is 1. The highest BCUT2D eigenvalue weighted by Gasteiger charge is 2.15. The van der Waals surface area contributed by atoms with Crippen LogP contribution in [0.4, 0.5) is 5.69 Å². The lowest BCUT2D eigenvalue weighted by Crippen LogP contribution is -2.41. The Morgan fingerprint density at radius 1 is 0.743 bits per heavy atom. The number of anilines is 1. The fourth-order valence-electron chi connectivity index (χ4n) is 3.23. The van der Waals surface area contributed by atoms with Gasteiger partial charge >= 0.3 is 0 Å². The molecule has 0 saturated heterocycles. The van der Waals surface area contributed by atoms with Gasteiger partial charge in [0, 0.05) is 22.4 Å². The molecule has 3 aromatic carbocycles. The summed E-state index contributed by atoms with van der Waals surface area (Å²) in [5.74, 6) is -0.581. The van der Waals surface area contributed by atoms with Crippen molar-refractivity contribution in [3.05, 3.63) is 95.1 Å². The lowest BCUT2D eigenvalue weighted by Gasteiger charge is -2.19. The van der Waals surface area contributed by atoms with Gasteiger partial charge in [0.1, 0.15) is 5.75 Å². The van der Waals surface area contributed by atoms with E-state index in [4.69, 9.17) is 4.74 Å². The number of hydrogen-bond donors (Lipinski definition) is 3. The van der Waals surface area contributed by atoms with Crippen LogP contribution >= 0.6 is 0 Å². The van der Waals surface area contributed by atoms with E-state index in [9.17, 15) is 14.4 Å². The molecule has 0 aliphatic rings. The summed E-state index contributed by atoms with van der Waals surface area (Å²) >= 11 is 0. The molecule has 0 fully saturated rings. The van der Waals surface area contributed by atoms with E-state index in [0.717, 1.165) is 12.0 Å². The zero-order valence-corrected chi connectivity index (χ0v) is 20.5. The van der Waals surface area contributed by atoms with E-state index in [-0.39, 0.29) is 11.3 Å². The normalized spacial score (nSPS) is 10.9. The Morgan fingerprint density at radius 3 is 1.91 bits per heavy atom. The Kier molecular flexibility index (Phi) is 8.25. The highest BCUT2D eigenvalue weighted by atomic mass is 16.5. The first kappa shape index (κ1) is 25.5. The Labute approximate surface area is 205 Å². The van der Waals surface area contributed by atoms with Crippen molar-refractivity contribution in [1.29, 1.82) is 0 Å². The zero-order valence-electron chi connectivity index (χ0n) is 20.5. The number of carbonyl (C=O) groups excluding carboxylic acids is 3. The number of amides is 3. The fourth-order valence-corrected chi connectivity index (χ4v) is 3.23. The van der Waals surface area contributed by atoms with Crippen molar-refractivity contribution in [1.82, 2.24) is 10.9 Å². The van der Waals surface area contributed by atoms with E-state index in [1.165, 1.54) is 0 Å². The van der Waals surface area contributed by atoms with Gasteiger partial charge in [-0.15, -0.1) is 0 Å². The SMILES string of the molecule is CCCOc1cccc(C(=O)NNC(=O)c2ccc(NC(=O)c3ccc(C(C)(C)C)cc3)cc2)c1. The van der Waals surface area contributed by atoms with Crippen molar-refractivity contribution >= 4 is 23.4 Å². The molecule has 0 radical (unpaired) electrons. The first-order valence-corrected chi connectivity index (χ1v) is 11.5. The van der Waals surface area contributed by atoms with Crippen LogP contribution in [0, 0.1) is 0 Å². The maximum atomic E-state index is 12.5. The van der Waals surface area contributed by atoms with E-state index in [2.05, 4.69) is 36.9 Å². The van der Waals surface area contributed by atoms with Crippen LogP contribution in [0.25, 0.3) is 0 Å². The van der Waals surface area contributed by atoms with Crippen LogP contribution in [0.2, 0.25) is 0 Å². The largest absolute Gasteiger partial charge is 0.494 e. The minimum absolute atomic E-state index is 0.0119. The average molecular weight is 474 g/mol. The summed E-state index contributed by atoms with van der Waals surface area (Å²) in [6.45, 7) is 8.91. The molecule has 0 atom stereocenters. The molecule has 0 unspecified atom stereocenters. The third-order valence-corrected chi connectivity index (χ3v) is 5.28. The smallest absolute Gasteiger partial charge is 0.269 e. The number of rotatable bonds is 7. The lowest BCUT2D eigenvalue weighted by molar-refractivity contribution is 0.0846. The van der Waals surface area contributed by atoms with Gasteiger partial charge in [-0.2, -0.15) is 0 Å². The molecular weight excluding hydrogens is 442 g/mol. The lowest BCUT2D eigenvalue weighted by atomic mass is 9.87. The summed E-state index contributed by atoms with van der Waals surface area (Å²) in [7, 11) is 0. The second kappa shape index (κ2) is 11.3. The van der Waals surface area contributed by atoms with Crippen molar-refractivity contribution in [2.45, 2.75) is 39.5 Å². The van der Waals surface area contributed by atoms with Crippen LogP contribution in [-0.4, -0.2) is 24.3 Å². The summed E-state index contributed by atoms with van der Waals surface area (Å²) in [5.41, 5.74) is 7.76. The highest BCUT2D eigenvalue weighted by Crippen LogP contribution is 2.22. The van der Waals surface area contributed by atoms with E-state index in [1.54, 1.807) is 60.7 Å². The van der Waals surface area contributed by atoms with Crippen molar-refractivity contribution in [2.75, 3.05) is 11.9 Å². The summed E-state index contributed by atoms with van der Waals surface area (Å²) in [5, 5.41) is 2.82. The molecule has 0 aromatic heterocycles. The Bertz CT molecular complexity index is 1180. The minimum Gasteiger partial charge on any atom is -0.494 e. The maximum absolute atomic E-state index is 12.5. The summed E-state index contributed by atoms with van der Waals surface area (Å²) < 4.78 is 5.53. The van der Waals surface area contributed by atoms with Crippen LogP contribution in [0.5, 0.6) is 5.75 Å². The Hall–Kier alpha value is -4.13. The standard InChI is InChI=1S/C28H31N3O4/c1-5-17-35-24-8-6-7-21(18-24)27(34)31-30-26(33)20-11-15-23(16-12-20)29-25(32)19-9-13-22(14-10-19)28(2,3)4/h6-16,18H,5,17H2,1-4H3,(H,29,32)(H,30,33)(H,31,34). The topological polar surface area (TPSA) is 96.5 Å². The summed E-state index contributed by atoms with van der Waals surface area (Å²) in [6.07, 6.45) is 0.861. The van der Waals surface area contributed by atoms with Gasteiger partial charge in [0.25, 0.3) is 17.7 Å². The van der Waals surface area contributed by atoms with E-state index in [1.807, 2.05) is 19.1 Å². The predicted octanol–water partition coefficient (Wildman–Crippen LogP) is 5.10. The van der Waals surface area contributed by atoms with E-state index < -0.39 is 11.8 Å². The molecule has 0 spiro atoms. The van der Waals surface area contributed by atoms with Crippen molar-refractivity contribution < 1.29 is 19.1 Å². The monoisotopic (exact) mass is 473 g/mol. The van der Waals surface area contributed by atoms with Crippen LogP contribution in [-0.2, 0) is 5.41 Å². The third-order valence-electron chi connectivity index (χ3n) is 5.28. The number of benzene rings is 3. The quantitative estimate of drug-likeness (QED) is 0.416. The molecule has 0 bridgehead atoms. The Balaban J connectivity index is 1.54. The molecule has 3 amide bonds. The second-order valence-electron chi connectivity index (χ2n) is 9.14. The number of nitrogens with one attached hydrogen (secondary N) is 3.